The van der Waals surface area contributed by atoms with Crippen LogP contribution in [0.3, 0.4) is 0 Å². The SMILES string of the molecule is CCOc1ncccc1-c1[nH]nc2nc(NC(=O)C3CC3F)ccc12. The quantitative estimate of drug-likeness (QED) is 0.744. The van der Waals surface area contributed by atoms with Gasteiger partial charge in [-0.2, -0.15) is 5.10 Å². The summed E-state index contributed by atoms with van der Waals surface area (Å²) in [6.07, 6.45) is 0.903. The number of hydrogen-bond donors (Lipinski definition) is 2. The minimum absolute atomic E-state index is 0.280. The molecule has 1 amide bonds. The molecule has 1 aliphatic rings. The third-order valence-corrected chi connectivity index (χ3v) is 4.04. The number of nitrogens with one attached hydrogen (secondary N) is 2. The average Bonchev–Trinajstić information content (AvgIpc) is 3.21. The maximum Gasteiger partial charge on any atom is 0.231 e. The molecule has 1 saturated carbocycles. The van der Waals surface area contributed by atoms with Crippen LogP contribution in [0.5, 0.6) is 5.88 Å². The number of amides is 1. The number of nitrogens with zero attached hydrogens (tertiary/aromatic N) is 3. The highest BCUT2D eigenvalue weighted by atomic mass is 19.1. The molecule has 1 aliphatic carbocycles. The number of ether oxygens (including phenoxy) is 1. The predicted octanol–water partition coefficient (Wildman–Crippen LogP) is 2.72. The summed E-state index contributed by atoms with van der Waals surface area (Å²) >= 11 is 0. The minimum Gasteiger partial charge on any atom is -0.477 e. The number of anilines is 1. The number of hydrogen-bond acceptors (Lipinski definition) is 5. The number of aromatic amines is 1. The van der Waals surface area contributed by atoms with Crippen LogP contribution in [0, 0.1) is 5.92 Å². The number of carbonyl (C=O) groups excluding carboxylic acids is 1. The summed E-state index contributed by atoms with van der Waals surface area (Å²) in [6, 6.07) is 7.18. The number of H-pyrrole nitrogens is 1. The van der Waals surface area contributed by atoms with E-state index in [2.05, 4.69) is 25.5 Å². The second kappa shape index (κ2) is 6.12. The minimum atomic E-state index is -1.04. The molecule has 7 nitrogen and oxygen atoms in total. The van der Waals surface area contributed by atoms with Gasteiger partial charge in [0.05, 0.1) is 23.8 Å². The molecule has 1 fully saturated rings. The Labute approximate surface area is 142 Å². The maximum absolute atomic E-state index is 13.0. The molecule has 0 aliphatic heterocycles. The Balaban J connectivity index is 1.65. The van der Waals surface area contributed by atoms with E-state index < -0.39 is 12.1 Å². The van der Waals surface area contributed by atoms with Crippen LogP contribution in [0.1, 0.15) is 13.3 Å². The van der Waals surface area contributed by atoms with Gasteiger partial charge in [0.2, 0.25) is 11.8 Å². The van der Waals surface area contributed by atoms with Crippen LogP contribution in [0.25, 0.3) is 22.3 Å². The molecule has 0 radical (unpaired) electrons. The molecular formula is C17H16FN5O2. The van der Waals surface area contributed by atoms with Crippen molar-refractivity contribution in [3.05, 3.63) is 30.5 Å². The number of halogens is 1. The highest BCUT2D eigenvalue weighted by molar-refractivity contribution is 5.97. The number of aromatic nitrogens is 4. The molecular weight excluding hydrogens is 325 g/mol. The van der Waals surface area contributed by atoms with E-state index in [1.54, 1.807) is 18.3 Å². The second-order valence-electron chi connectivity index (χ2n) is 5.80. The average molecular weight is 341 g/mol. The van der Waals surface area contributed by atoms with Crippen molar-refractivity contribution in [2.75, 3.05) is 11.9 Å². The van der Waals surface area contributed by atoms with Crippen molar-refractivity contribution >= 4 is 22.8 Å². The van der Waals surface area contributed by atoms with Crippen molar-refractivity contribution in [2.45, 2.75) is 19.5 Å². The van der Waals surface area contributed by atoms with E-state index in [9.17, 15) is 9.18 Å². The molecule has 128 valence electrons. The summed E-state index contributed by atoms with van der Waals surface area (Å²) in [5.41, 5.74) is 1.97. The Morgan fingerprint density at radius 3 is 3.04 bits per heavy atom. The van der Waals surface area contributed by atoms with E-state index in [1.807, 2.05) is 19.1 Å². The van der Waals surface area contributed by atoms with Gasteiger partial charge in [0.15, 0.2) is 5.65 Å². The number of fused-ring (bicyclic) bond motifs is 1. The Hall–Kier alpha value is -3.03. The zero-order valence-electron chi connectivity index (χ0n) is 13.5. The van der Waals surface area contributed by atoms with Crippen LogP contribution in [-0.2, 0) is 4.79 Å². The topological polar surface area (TPSA) is 92.8 Å². The summed E-state index contributed by atoms with van der Waals surface area (Å²) in [7, 11) is 0. The van der Waals surface area contributed by atoms with Gasteiger partial charge in [-0.25, -0.2) is 14.4 Å². The van der Waals surface area contributed by atoms with Gasteiger partial charge in [-0.3, -0.25) is 9.89 Å². The predicted molar refractivity (Wildman–Crippen MR) is 89.9 cm³/mol. The van der Waals surface area contributed by atoms with Gasteiger partial charge < -0.3 is 10.1 Å². The molecule has 2 unspecified atom stereocenters. The molecule has 0 saturated heterocycles. The van der Waals surface area contributed by atoms with E-state index in [0.717, 1.165) is 16.6 Å². The first-order valence-corrected chi connectivity index (χ1v) is 8.05. The van der Waals surface area contributed by atoms with Crippen LogP contribution in [-0.4, -0.2) is 38.9 Å². The lowest BCUT2D eigenvalue weighted by atomic mass is 10.1. The second-order valence-corrected chi connectivity index (χ2v) is 5.80. The van der Waals surface area contributed by atoms with E-state index in [0.29, 0.717) is 24.0 Å². The van der Waals surface area contributed by atoms with Gasteiger partial charge in [-0.05, 0) is 37.6 Å². The van der Waals surface area contributed by atoms with Crippen LogP contribution in [0.4, 0.5) is 10.2 Å². The number of alkyl halides is 1. The van der Waals surface area contributed by atoms with Crippen LogP contribution < -0.4 is 10.1 Å². The van der Waals surface area contributed by atoms with Gasteiger partial charge in [-0.1, -0.05) is 0 Å². The van der Waals surface area contributed by atoms with Crippen molar-refractivity contribution in [3.8, 4) is 17.1 Å². The van der Waals surface area contributed by atoms with Crippen molar-refractivity contribution in [3.63, 3.8) is 0 Å². The smallest absolute Gasteiger partial charge is 0.231 e. The molecule has 8 heteroatoms. The van der Waals surface area contributed by atoms with E-state index >= 15 is 0 Å². The van der Waals surface area contributed by atoms with Crippen LogP contribution in [0.2, 0.25) is 0 Å². The van der Waals surface area contributed by atoms with Crippen molar-refractivity contribution in [1.29, 1.82) is 0 Å². The standard InChI is InChI=1S/C17H16FN5O2/c1-2-25-17-10(4-3-7-19-17)14-9-5-6-13(20-15(9)23-22-14)21-16(24)11-8-12(11)18/h3-7,11-12H,2,8H2,1H3,(H2,20,21,22,23,24). The van der Waals surface area contributed by atoms with E-state index in [-0.39, 0.29) is 12.3 Å². The summed E-state index contributed by atoms with van der Waals surface area (Å²) in [5, 5.41) is 10.5. The van der Waals surface area contributed by atoms with E-state index in [4.69, 9.17) is 4.74 Å². The van der Waals surface area contributed by atoms with Gasteiger partial charge in [-0.15, -0.1) is 0 Å². The summed E-state index contributed by atoms with van der Waals surface area (Å²) in [5.74, 6) is -0.0427. The Bertz CT molecular complexity index is 942. The van der Waals surface area contributed by atoms with Gasteiger partial charge in [0.1, 0.15) is 12.0 Å². The zero-order chi connectivity index (χ0) is 17.4. The monoisotopic (exact) mass is 341 g/mol. The number of pyridine rings is 2. The summed E-state index contributed by atoms with van der Waals surface area (Å²) in [6.45, 7) is 2.39. The zero-order valence-corrected chi connectivity index (χ0v) is 13.5. The first kappa shape index (κ1) is 15.5. The van der Waals surface area contributed by atoms with Gasteiger partial charge >= 0.3 is 0 Å². The fraction of sp³-hybridized carbons (Fsp3) is 0.294. The van der Waals surface area contributed by atoms with Crippen molar-refractivity contribution in [1.82, 2.24) is 20.2 Å². The number of rotatable bonds is 5. The van der Waals surface area contributed by atoms with E-state index in [1.165, 1.54) is 0 Å². The highest BCUT2D eigenvalue weighted by Gasteiger charge is 2.43. The number of carbonyl (C=O) groups is 1. The van der Waals surface area contributed by atoms with Gasteiger partial charge in [0.25, 0.3) is 0 Å². The van der Waals surface area contributed by atoms with Gasteiger partial charge in [0, 0.05) is 11.6 Å². The van der Waals surface area contributed by atoms with Crippen molar-refractivity contribution < 1.29 is 13.9 Å². The third-order valence-electron chi connectivity index (χ3n) is 4.04. The molecule has 4 rings (SSSR count). The normalized spacial score (nSPS) is 19.0. The molecule has 0 aromatic carbocycles. The fourth-order valence-electron chi connectivity index (χ4n) is 2.66. The maximum atomic E-state index is 13.0. The molecule has 0 bridgehead atoms. The van der Waals surface area contributed by atoms with Crippen LogP contribution in [0.15, 0.2) is 30.5 Å². The Kier molecular flexibility index (Phi) is 3.79. The summed E-state index contributed by atoms with van der Waals surface area (Å²) in [4.78, 5) is 20.4. The lowest BCUT2D eigenvalue weighted by Crippen LogP contribution is -2.15. The lowest BCUT2D eigenvalue weighted by molar-refractivity contribution is -0.117. The molecule has 3 aromatic heterocycles. The first-order chi connectivity index (χ1) is 12.2. The largest absolute Gasteiger partial charge is 0.477 e. The third kappa shape index (κ3) is 2.90. The fourth-order valence-corrected chi connectivity index (χ4v) is 2.66. The van der Waals surface area contributed by atoms with Crippen molar-refractivity contribution in [2.24, 2.45) is 5.92 Å². The first-order valence-electron chi connectivity index (χ1n) is 8.05. The highest BCUT2D eigenvalue weighted by Crippen LogP contribution is 2.35. The molecule has 2 atom stereocenters. The molecule has 2 N–H and O–H groups in total. The lowest BCUT2D eigenvalue weighted by Gasteiger charge is -2.07. The molecule has 3 aromatic rings. The molecule has 3 heterocycles. The Morgan fingerprint density at radius 2 is 2.28 bits per heavy atom. The molecule has 0 spiro atoms. The Morgan fingerprint density at radius 1 is 1.44 bits per heavy atom. The molecule has 25 heavy (non-hydrogen) atoms. The van der Waals surface area contributed by atoms with Crippen LogP contribution >= 0.6 is 0 Å². The summed E-state index contributed by atoms with van der Waals surface area (Å²) < 4.78 is 18.5.